The predicted molar refractivity (Wildman–Crippen MR) is 68.8 cm³/mol. The van der Waals surface area contributed by atoms with Gasteiger partial charge in [-0.25, -0.2) is 0 Å². The zero-order chi connectivity index (χ0) is 14.2. The van der Waals surface area contributed by atoms with Crippen LogP contribution in [0.5, 0.6) is 0 Å². The molecule has 2 N–H and O–H groups in total. The van der Waals surface area contributed by atoms with E-state index in [0.717, 1.165) is 6.07 Å². The highest BCUT2D eigenvalue weighted by Gasteiger charge is 2.25. The van der Waals surface area contributed by atoms with Crippen LogP contribution in [-0.2, 0) is 4.79 Å². The van der Waals surface area contributed by atoms with Gasteiger partial charge in [-0.1, -0.05) is 6.92 Å². The first-order valence-electron chi connectivity index (χ1n) is 5.86. The maximum atomic E-state index is 13.4. The van der Waals surface area contributed by atoms with Gasteiger partial charge in [0.05, 0.1) is 4.92 Å². The lowest BCUT2D eigenvalue weighted by molar-refractivity contribution is -0.386. The molecule has 1 unspecified atom stereocenters. The average molecular weight is 264 g/mol. The summed E-state index contributed by atoms with van der Waals surface area (Å²) in [6.45, 7) is 1.92. The standard InChI is InChI=1S/C13H13FN2O3/c1-7-4-8(6-9(17)5-7)10-2-3-11(14)13(12(10)15)16(18)19/h2-3,6-7H,4-5,15H2,1H3. The zero-order valence-electron chi connectivity index (χ0n) is 10.4. The molecule has 0 aliphatic heterocycles. The number of anilines is 1. The third-order valence-electron chi connectivity index (χ3n) is 3.15. The van der Waals surface area contributed by atoms with Gasteiger partial charge in [-0.15, -0.1) is 0 Å². The molecule has 0 aromatic heterocycles. The Morgan fingerprint density at radius 3 is 2.68 bits per heavy atom. The summed E-state index contributed by atoms with van der Waals surface area (Å²) in [5.74, 6) is -0.863. The van der Waals surface area contributed by atoms with Crippen LogP contribution >= 0.6 is 0 Å². The van der Waals surface area contributed by atoms with Crippen molar-refractivity contribution < 1.29 is 14.1 Å². The van der Waals surface area contributed by atoms with Gasteiger partial charge in [0.2, 0.25) is 5.82 Å². The van der Waals surface area contributed by atoms with E-state index in [4.69, 9.17) is 5.73 Å². The second-order valence-corrected chi connectivity index (χ2v) is 4.76. The van der Waals surface area contributed by atoms with E-state index in [9.17, 15) is 19.3 Å². The van der Waals surface area contributed by atoms with Gasteiger partial charge in [0.25, 0.3) is 0 Å². The Morgan fingerprint density at radius 1 is 1.42 bits per heavy atom. The van der Waals surface area contributed by atoms with Crippen LogP contribution in [0, 0.1) is 21.8 Å². The maximum Gasteiger partial charge on any atom is 0.328 e. The minimum atomic E-state index is -0.970. The number of carbonyl (C=O) groups excluding carboxylic acids is 1. The number of nitrogen functional groups attached to an aromatic ring is 1. The largest absolute Gasteiger partial charge is 0.393 e. The molecule has 0 saturated heterocycles. The summed E-state index contributed by atoms with van der Waals surface area (Å²) in [6.07, 6.45) is 2.48. The second-order valence-electron chi connectivity index (χ2n) is 4.76. The smallest absolute Gasteiger partial charge is 0.328 e. The van der Waals surface area contributed by atoms with Crippen molar-refractivity contribution in [1.29, 1.82) is 0 Å². The van der Waals surface area contributed by atoms with Gasteiger partial charge in [0.15, 0.2) is 5.78 Å². The Labute approximate surface area is 109 Å². The van der Waals surface area contributed by atoms with E-state index in [1.807, 2.05) is 6.92 Å². The molecule has 6 heteroatoms. The molecular formula is C13H13FN2O3. The SMILES string of the molecule is CC1CC(=O)C=C(c2ccc(F)c([N+](=O)[O-])c2N)C1. The summed E-state index contributed by atoms with van der Waals surface area (Å²) < 4.78 is 13.4. The number of rotatable bonds is 2. The van der Waals surface area contributed by atoms with Gasteiger partial charge < -0.3 is 5.73 Å². The lowest BCUT2D eigenvalue weighted by Gasteiger charge is -2.19. The second kappa shape index (κ2) is 4.79. The highest BCUT2D eigenvalue weighted by atomic mass is 19.1. The summed E-state index contributed by atoms with van der Waals surface area (Å²) in [5, 5.41) is 10.8. The van der Waals surface area contributed by atoms with Gasteiger partial charge in [-0.3, -0.25) is 14.9 Å². The first-order valence-corrected chi connectivity index (χ1v) is 5.86. The van der Waals surface area contributed by atoms with E-state index in [-0.39, 0.29) is 17.4 Å². The molecule has 100 valence electrons. The van der Waals surface area contributed by atoms with Crippen LogP contribution in [0.25, 0.3) is 5.57 Å². The number of ketones is 1. The lowest BCUT2D eigenvalue weighted by atomic mass is 9.85. The molecular weight excluding hydrogens is 251 g/mol. The summed E-state index contributed by atoms with van der Waals surface area (Å²) in [6, 6.07) is 2.39. The number of carbonyl (C=O) groups is 1. The topological polar surface area (TPSA) is 86.2 Å². The van der Waals surface area contributed by atoms with Crippen LogP contribution in [0.3, 0.4) is 0 Å². The number of hydrogen-bond acceptors (Lipinski definition) is 4. The minimum absolute atomic E-state index is 0.0415. The van der Waals surface area contributed by atoms with E-state index >= 15 is 0 Å². The summed E-state index contributed by atoms with van der Waals surface area (Å²) >= 11 is 0. The lowest BCUT2D eigenvalue weighted by Crippen LogP contribution is -2.12. The quantitative estimate of drug-likeness (QED) is 0.505. The zero-order valence-corrected chi connectivity index (χ0v) is 10.4. The summed E-state index contributed by atoms with van der Waals surface area (Å²) in [7, 11) is 0. The molecule has 0 radical (unpaired) electrons. The molecule has 0 heterocycles. The molecule has 0 amide bonds. The Balaban J connectivity index is 2.55. The highest BCUT2D eigenvalue weighted by Crippen LogP contribution is 2.37. The molecule has 1 aliphatic rings. The third-order valence-corrected chi connectivity index (χ3v) is 3.15. The normalized spacial score (nSPS) is 19.2. The number of nitro benzene ring substituents is 1. The van der Waals surface area contributed by atoms with Crippen LogP contribution in [0.15, 0.2) is 18.2 Å². The van der Waals surface area contributed by atoms with Crippen molar-refractivity contribution in [3.8, 4) is 0 Å². The molecule has 1 aromatic rings. The Morgan fingerprint density at radius 2 is 2.11 bits per heavy atom. The highest BCUT2D eigenvalue weighted by molar-refractivity contribution is 6.00. The van der Waals surface area contributed by atoms with Gasteiger partial charge in [0, 0.05) is 12.0 Å². The van der Waals surface area contributed by atoms with Crippen molar-refractivity contribution in [3.05, 3.63) is 39.7 Å². The number of nitro groups is 1. The maximum absolute atomic E-state index is 13.4. The summed E-state index contributed by atoms with van der Waals surface area (Å²) in [4.78, 5) is 21.5. The fourth-order valence-corrected chi connectivity index (χ4v) is 2.34. The Kier molecular flexibility index (Phi) is 3.33. The van der Waals surface area contributed by atoms with E-state index in [0.29, 0.717) is 24.0 Å². The van der Waals surface area contributed by atoms with Gasteiger partial charge in [-0.05, 0) is 36.1 Å². The molecule has 5 nitrogen and oxygen atoms in total. The minimum Gasteiger partial charge on any atom is -0.393 e. The fourth-order valence-electron chi connectivity index (χ4n) is 2.34. The molecule has 2 rings (SSSR count). The van der Waals surface area contributed by atoms with Crippen LogP contribution in [0.2, 0.25) is 0 Å². The van der Waals surface area contributed by atoms with Crippen molar-refractivity contribution in [2.24, 2.45) is 5.92 Å². The number of halogens is 1. The predicted octanol–water partition coefficient (Wildman–Crippen LogP) is 2.70. The number of hydrogen-bond donors (Lipinski definition) is 1. The van der Waals surface area contributed by atoms with Gasteiger partial charge in [-0.2, -0.15) is 4.39 Å². The van der Waals surface area contributed by atoms with E-state index in [1.165, 1.54) is 12.1 Å². The fraction of sp³-hybridized carbons (Fsp3) is 0.308. The van der Waals surface area contributed by atoms with Crippen molar-refractivity contribution >= 4 is 22.7 Å². The van der Waals surface area contributed by atoms with Crippen molar-refractivity contribution in [2.75, 3.05) is 5.73 Å². The Bertz CT molecular complexity index is 596. The van der Waals surface area contributed by atoms with Crippen molar-refractivity contribution in [1.82, 2.24) is 0 Å². The van der Waals surface area contributed by atoms with Gasteiger partial charge in [0.1, 0.15) is 5.69 Å². The van der Waals surface area contributed by atoms with Gasteiger partial charge >= 0.3 is 5.69 Å². The average Bonchev–Trinajstić information content (AvgIpc) is 2.26. The van der Waals surface area contributed by atoms with Crippen LogP contribution in [-0.4, -0.2) is 10.7 Å². The van der Waals surface area contributed by atoms with E-state index < -0.39 is 16.4 Å². The number of nitrogens with zero attached hydrogens (tertiary/aromatic N) is 1. The van der Waals surface area contributed by atoms with Crippen LogP contribution < -0.4 is 5.73 Å². The molecule has 0 bridgehead atoms. The third kappa shape index (κ3) is 2.47. The molecule has 1 aliphatic carbocycles. The molecule has 0 fully saturated rings. The van der Waals surface area contributed by atoms with E-state index in [1.54, 1.807) is 0 Å². The molecule has 1 aromatic carbocycles. The number of benzene rings is 1. The first kappa shape index (κ1) is 13.2. The summed E-state index contributed by atoms with van der Waals surface area (Å²) in [5.41, 5.74) is 5.71. The van der Waals surface area contributed by atoms with Crippen molar-refractivity contribution in [3.63, 3.8) is 0 Å². The van der Waals surface area contributed by atoms with E-state index in [2.05, 4.69) is 0 Å². The number of allylic oxidation sites excluding steroid dienone is 2. The molecule has 19 heavy (non-hydrogen) atoms. The number of nitrogens with two attached hydrogens (primary N) is 1. The van der Waals surface area contributed by atoms with Crippen LogP contribution in [0.4, 0.5) is 15.8 Å². The molecule has 0 spiro atoms. The molecule has 1 atom stereocenters. The first-order chi connectivity index (χ1) is 8.90. The van der Waals surface area contributed by atoms with Crippen LogP contribution in [0.1, 0.15) is 25.3 Å². The Hall–Kier alpha value is -2.24. The van der Waals surface area contributed by atoms with Crippen molar-refractivity contribution in [2.45, 2.75) is 19.8 Å². The molecule has 0 saturated carbocycles. The monoisotopic (exact) mass is 264 g/mol.